The van der Waals surface area contributed by atoms with E-state index in [2.05, 4.69) is 32.9 Å². The number of nitrogens with zero attached hydrogens (tertiary/aromatic N) is 4. The van der Waals surface area contributed by atoms with Crippen molar-refractivity contribution >= 4 is 22.9 Å². The summed E-state index contributed by atoms with van der Waals surface area (Å²) in [6.45, 7) is 1.91. The molecule has 1 aromatic carbocycles. The number of benzene rings is 1. The SMILES string of the molecule is CN(c1ccccn1)C1CCN(c2nc3ccccc3o2)CC1. The number of hydrogen-bond acceptors (Lipinski definition) is 5. The van der Waals surface area contributed by atoms with Crippen molar-refractivity contribution in [3.63, 3.8) is 0 Å². The van der Waals surface area contributed by atoms with E-state index in [0.29, 0.717) is 6.04 Å². The summed E-state index contributed by atoms with van der Waals surface area (Å²) in [6.07, 6.45) is 4.00. The predicted octanol–water partition coefficient (Wildman–Crippen LogP) is 3.33. The van der Waals surface area contributed by atoms with Crippen LogP contribution in [0.4, 0.5) is 11.8 Å². The van der Waals surface area contributed by atoms with Crippen molar-refractivity contribution < 1.29 is 4.42 Å². The molecule has 4 rings (SSSR count). The molecule has 0 aliphatic carbocycles. The fourth-order valence-electron chi connectivity index (χ4n) is 3.19. The number of pyridine rings is 1. The zero-order chi connectivity index (χ0) is 15.6. The molecule has 5 nitrogen and oxygen atoms in total. The largest absolute Gasteiger partial charge is 0.423 e. The number of oxazole rings is 1. The molecule has 0 radical (unpaired) electrons. The monoisotopic (exact) mass is 308 g/mol. The van der Waals surface area contributed by atoms with Crippen LogP contribution in [0.2, 0.25) is 0 Å². The zero-order valence-electron chi connectivity index (χ0n) is 13.2. The summed E-state index contributed by atoms with van der Waals surface area (Å²) < 4.78 is 5.88. The minimum absolute atomic E-state index is 0.505. The molecule has 0 amide bonds. The molecule has 23 heavy (non-hydrogen) atoms. The van der Waals surface area contributed by atoms with Gasteiger partial charge in [0, 0.05) is 32.4 Å². The molecule has 0 spiro atoms. The third-order valence-corrected chi connectivity index (χ3v) is 4.58. The number of fused-ring (bicyclic) bond motifs is 1. The first kappa shape index (κ1) is 14.1. The van der Waals surface area contributed by atoms with Gasteiger partial charge in [-0.05, 0) is 37.1 Å². The summed E-state index contributed by atoms with van der Waals surface area (Å²) in [5, 5.41) is 0. The molecule has 5 heteroatoms. The number of piperidine rings is 1. The van der Waals surface area contributed by atoms with Gasteiger partial charge < -0.3 is 14.2 Å². The van der Waals surface area contributed by atoms with Crippen molar-refractivity contribution in [2.75, 3.05) is 29.9 Å². The molecule has 0 atom stereocenters. The van der Waals surface area contributed by atoms with E-state index in [0.717, 1.165) is 48.9 Å². The lowest BCUT2D eigenvalue weighted by Gasteiger charge is -2.36. The van der Waals surface area contributed by atoms with Crippen LogP contribution < -0.4 is 9.80 Å². The van der Waals surface area contributed by atoms with Crippen molar-refractivity contribution in [1.82, 2.24) is 9.97 Å². The predicted molar refractivity (Wildman–Crippen MR) is 91.9 cm³/mol. The first-order chi connectivity index (χ1) is 11.3. The quantitative estimate of drug-likeness (QED) is 0.742. The lowest BCUT2D eigenvalue weighted by molar-refractivity contribution is 0.452. The Kier molecular flexibility index (Phi) is 3.61. The smallest absolute Gasteiger partial charge is 0.298 e. The van der Waals surface area contributed by atoms with Crippen molar-refractivity contribution in [3.05, 3.63) is 48.7 Å². The standard InChI is InChI=1S/C18H20N4O/c1-21(17-8-4-5-11-19-17)14-9-12-22(13-10-14)18-20-15-6-2-3-7-16(15)23-18/h2-8,11,14H,9-10,12-13H2,1H3. The summed E-state index contributed by atoms with van der Waals surface area (Å²) in [6, 6.07) is 15.2. The van der Waals surface area contributed by atoms with Gasteiger partial charge in [-0.1, -0.05) is 18.2 Å². The highest BCUT2D eigenvalue weighted by atomic mass is 16.4. The van der Waals surface area contributed by atoms with Gasteiger partial charge in [-0.15, -0.1) is 0 Å². The number of hydrogen-bond donors (Lipinski definition) is 0. The van der Waals surface area contributed by atoms with Crippen LogP contribution in [0, 0.1) is 0 Å². The van der Waals surface area contributed by atoms with Crippen LogP contribution in [0.1, 0.15) is 12.8 Å². The Morgan fingerprint density at radius 1 is 1.09 bits per heavy atom. The fourth-order valence-corrected chi connectivity index (χ4v) is 3.19. The molecule has 1 aliphatic rings. The minimum Gasteiger partial charge on any atom is -0.423 e. The molecule has 1 fully saturated rings. The molecule has 0 unspecified atom stereocenters. The Morgan fingerprint density at radius 3 is 2.61 bits per heavy atom. The van der Waals surface area contributed by atoms with Crippen LogP contribution in [0.3, 0.4) is 0 Å². The first-order valence-electron chi connectivity index (χ1n) is 8.05. The minimum atomic E-state index is 0.505. The van der Waals surface area contributed by atoms with E-state index in [9.17, 15) is 0 Å². The van der Waals surface area contributed by atoms with E-state index in [-0.39, 0.29) is 0 Å². The second kappa shape index (κ2) is 5.91. The Morgan fingerprint density at radius 2 is 1.87 bits per heavy atom. The van der Waals surface area contributed by atoms with Gasteiger partial charge in [-0.25, -0.2) is 4.98 Å². The molecule has 1 saturated heterocycles. The van der Waals surface area contributed by atoms with Crippen LogP contribution >= 0.6 is 0 Å². The maximum absolute atomic E-state index is 5.88. The van der Waals surface area contributed by atoms with Crippen LogP contribution in [0.25, 0.3) is 11.1 Å². The molecule has 0 saturated carbocycles. The first-order valence-corrected chi connectivity index (χ1v) is 8.05. The zero-order valence-corrected chi connectivity index (χ0v) is 13.2. The molecule has 3 aromatic rings. The number of rotatable bonds is 3. The third kappa shape index (κ3) is 2.74. The maximum Gasteiger partial charge on any atom is 0.298 e. The van der Waals surface area contributed by atoms with Crippen LogP contribution in [-0.2, 0) is 0 Å². The van der Waals surface area contributed by atoms with Crippen molar-refractivity contribution in [2.24, 2.45) is 0 Å². The molecular formula is C18H20N4O. The van der Waals surface area contributed by atoms with Crippen LogP contribution in [0.15, 0.2) is 53.1 Å². The van der Waals surface area contributed by atoms with Crippen molar-refractivity contribution in [3.8, 4) is 0 Å². The normalized spacial score (nSPS) is 16.0. The second-order valence-corrected chi connectivity index (χ2v) is 5.98. The highest BCUT2D eigenvalue weighted by Gasteiger charge is 2.25. The Bertz CT molecular complexity index is 745. The molecule has 3 heterocycles. The number of anilines is 2. The summed E-state index contributed by atoms with van der Waals surface area (Å²) in [5.74, 6) is 1.04. The second-order valence-electron chi connectivity index (χ2n) is 5.98. The lowest BCUT2D eigenvalue weighted by Crippen LogP contribution is -2.43. The lowest BCUT2D eigenvalue weighted by atomic mass is 10.0. The Balaban J connectivity index is 1.44. The number of aromatic nitrogens is 2. The number of para-hydroxylation sites is 2. The topological polar surface area (TPSA) is 45.4 Å². The molecule has 118 valence electrons. The summed E-state index contributed by atoms with van der Waals surface area (Å²) >= 11 is 0. The van der Waals surface area contributed by atoms with E-state index >= 15 is 0 Å². The van der Waals surface area contributed by atoms with Gasteiger partial charge in [0.2, 0.25) is 0 Å². The molecular weight excluding hydrogens is 288 g/mol. The highest BCUT2D eigenvalue weighted by molar-refractivity contribution is 5.74. The highest BCUT2D eigenvalue weighted by Crippen LogP contribution is 2.26. The van der Waals surface area contributed by atoms with Crippen molar-refractivity contribution in [1.29, 1.82) is 0 Å². The van der Waals surface area contributed by atoms with Gasteiger partial charge >= 0.3 is 0 Å². The average molecular weight is 308 g/mol. The third-order valence-electron chi connectivity index (χ3n) is 4.58. The Labute approximate surface area is 135 Å². The molecule has 2 aromatic heterocycles. The van der Waals surface area contributed by atoms with Gasteiger partial charge in [0.15, 0.2) is 5.58 Å². The van der Waals surface area contributed by atoms with E-state index in [1.165, 1.54) is 0 Å². The van der Waals surface area contributed by atoms with Gasteiger partial charge in [0.05, 0.1) is 0 Å². The van der Waals surface area contributed by atoms with Gasteiger partial charge in [0.1, 0.15) is 11.3 Å². The summed E-state index contributed by atoms with van der Waals surface area (Å²) in [5.41, 5.74) is 1.78. The van der Waals surface area contributed by atoms with Gasteiger partial charge in [0.25, 0.3) is 6.01 Å². The maximum atomic E-state index is 5.88. The van der Waals surface area contributed by atoms with Gasteiger partial charge in [-0.3, -0.25) is 0 Å². The summed E-state index contributed by atoms with van der Waals surface area (Å²) in [7, 11) is 2.13. The molecule has 1 aliphatic heterocycles. The van der Waals surface area contributed by atoms with Gasteiger partial charge in [-0.2, -0.15) is 4.98 Å². The summed E-state index contributed by atoms with van der Waals surface area (Å²) in [4.78, 5) is 13.6. The molecule has 0 N–H and O–H groups in total. The average Bonchev–Trinajstić information content (AvgIpc) is 3.06. The fraction of sp³-hybridized carbons (Fsp3) is 0.333. The van der Waals surface area contributed by atoms with E-state index in [1.807, 2.05) is 42.6 Å². The van der Waals surface area contributed by atoms with E-state index < -0.39 is 0 Å². The van der Waals surface area contributed by atoms with Crippen LogP contribution in [0.5, 0.6) is 0 Å². The van der Waals surface area contributed by atoms with E-state index in [1.54, 1.807) is 0 Å². The van der Waals surface area contributed by atoms with Crippen molar-refractivity contribution in [2.45, 2.75) is 18.9 Å². The Hall–Kier alpha value is -2.56. The van der Waals surface area contributed by atoms with Crippen LogP contribution in [-0.4, -0.2) is 36.1 Å². The van der Waals surface area contributed by atoms with E-state index in [4.69, 9.17) is 4.42 Å². The molecule has 0 bridgehead atoms.